The maximum absolute atomic E-state index is 4.69. The quantitative estimate of drug-likeness (QED) is 0.843. The van der Waals surface area contributed by atoms with Crippen molar-refractivity contribution < 1.29 is 0 Å². The van der Waals surface area contributed by atoms with E-state index in [-0.39, 0.29) is 0 Å². The molecule has 2 aromatic rings. The van der Waals surface area contributed by atoms with Crippen molar-refractivity contribution in [3.05, 3.63) is 11.9 Å². The highest BCUT2D eigenvalue weighted by molar-refractivity contribution is 7.20. The molecule has 0 radical (unpaired) electrons. The van der Waals surface area contributed by atoms with E-state index in [1.807, 2.05) is 17.6 Å². The van der Waals surface area contributed by atoms with Crippen LogP contribution < -0.4 is 4.90 Å². The van der Waals surface area contributed by atoms with E-state index in [0.29, 0.717) is 11.5 Å². The maximum Gasteiger partial charge on any atom is 0.214 e. The molecular formula is C14H22N4S. The summed E-state index contributed by atoms with van der Waals surface area (Å²) in [6.07, 6.45) is 5.80. The minimum absolute atomic E-state index is 0.376. The Bertz CT molecular complexity index is 546. The number of rotatable bonds is 2. The molecule has 1 atom stereocenters. The molecule has 1 aliphatic heterocycles. The maximum atomic E-state index is 4.69. The van der Waals surface area contributed by atoms with Crippen molar-refractivity contribution in [3.8, 4) is 0 Å². The van der Waals surface area contributed by atoms with Gasteiger partial charge in [-0.2, -0.15) is 0 Å². The van der Waals surface area contributed by atoms with Crippen LogP contribution in [0.2, 0.25) is 0 Å². The third kappa shape index (κ3) is 2.61. The van der Waals surface area contributed by atoms with E-state index in [0.717, 1.165) is 22.3 Å². The van der Waals surface area contributed by atoms with Gasteiger partial charge in [0.15, 0.2) is 0 Å². The first-order chi connectivity index (χ1) is 8.92. The van der Waals surface area contributed by atoms with E-state index in [4.69, 9.17) is 5.10 Å². The number of aryl methyl sites for hydroxylation is 1. The fourth-order valence-corrected chi connectivity index (χ4v) is 3.95. The third-order valence-corrected chi connectivity index (χ3v) is 4.58. The van der Waals surface area contributed by atoms with Crippen LogP contribution in [0, 0.1) is 12.3 Å². The molecule has 3 heterocycles. The van der Waals surface area contributed by atoms with Gasteiger partial charge < -0.3 is 4.90 Å². The van der Waals surface area contributed by atoms with Crippen LogP contribution in [-0.2, 0) is 0 Å². The largest absolute Gasteiger partial charge is 0.344 e. The number of hydrogen-bond donors (Lipinski definition) is 0. The smallest absolute Gasteiger partial charge is 0.214 e. The first-order valence-corrected chi connectivity index (χ1v) is 7.83. The van der Waals surface area contributed by atoms with Gasteiger partial charge in [-0.3, -0.25) is 0 Å². The van der Waals surface area contributed by atoms with Crippen LogP contribution in [0.3, 0.4) is 0 Å². The summed E-state index contributed by atoms with van der Waals surface area (Å²) in [6, 6.07) is 0.636. The summed E-state index contributed by atoms with van der Waals surface area (Å²) in [5.41, 5.74) is 1.42. The van der Waals surface area contributed by atoms with E-state index in [1.54, 1.807) is 11.3 Å². The van der Waals surface area contributed by atoms with Gasteiger partial charge in [0, 0.05) is 12.6 Å². The number of imidazole rings is 1. The van der Waals surface area contributed by atoms with Crippen molar-refractivity contribution in [2.24, 2.45) is 5.41 Å². The molecule has 104 valence electrons. The molecule has 0 amide bonds. The summed E-state index contributed by atoms with van der Waals surface area (Å²) in [6.45, 7) is 10.1. The Balaban J connectivity index is 1.85. The number of anilines is 1. The van der Waals surface area contributed by atoms with Crippen LogP contribution in [-0.4, -0.2) is 27.2 Å². The van der Waals surface area contributed by atoms with Crippen LogP contribution in [0.5, 0.6) is 0 Å². The molecule has 0 spiro atoms. The van der Waals surface area contributed by atoms with Crippen molar-refractivity contribution in [1.82, 2.24) is 14.6 Å². The van der Waals surface area contributed by atoms with Gasteiger partial charge in [0.05, 0.1) is 11.9 Å². The zero-order valence-electron chi connectivity index (χ0n) is 12.2. The lowest BCUT2D eigenvalue weighted by Crippen LogP contribution is -2.32. The van der Waals surface area contributed by atoms with E-state index in [1.165, 1.54) is 19.3 Å². The summed E-state index contributed by atoms with van der Waals surface area (Å²) < 4.78 is 1.92. The topological polar surface area (TPSA) is 33.4 Å². The van der Waals surface area contributed by atoms with Crippen LogP contribution in [0.1, 0.15) is 45.7 Å². The highest BCUT2D eigenvalue weighted by Crippen LogP contribution is 2.35. The Morgan fingerprint density at radius 2 is 2.21 bits per heavy atom. The predicted molar refractivity (Wildman–Crippen MR) is 80.0 cm³/mol. The van der Waals surface area contributed by atoms with Crippen molar-refractivity contribution >= 4 is 21.4 Å². The Hall–Kier alpha value is -1.10. The van der Waals surface area contributed by atoms with Crippen molar-refractivity contribution in [2.45, 2.75) is 53.0 Å². The van der Waals surface area contributed by atoms with Gasteiger partial charge >= 0.3 is 0 Å². The van der Waals surface area contributed by atoms with E-state index in [9.17, 15) is 0 Å². The first-order valence-electron chi connectivity index (χ1n) is 7.02. The monoisotopic (exact) mass is 278 g/mol. The number of hydrogen-bond acceptors (Lipinski definition) is 4. The zero-order valence-corrected chi connectivity index (χ0v) is 13.0. The van der Waals surface area contributed by atoms with Crippen LogP contribution in [0.15, 0.2) is 6.20 Å². The standard InChI is InChI=1S/C14H22N4S/c1-10-9-18-12(15-10)19-13(16-18)17-7-5-6-11(17)8-14(2,3)4/h9,11H,5-8H2,1-4H3/t11-/m0/s1. The lowest BCUT2D eigenvalue weighted by molar-refractivity contribution is 0.339. The number of aromatic nitrogens is 3. The summed E-state index contributed by atoms with van der Waals surface area (Å²) in [5.74, 6) is 0. The van der Waals surface area contributed by atoms with Gasteiger partial charge in [-0.25, -0.2) is 9.50 Å². The summed E-state index contributed by atoms with van der Waals surface area (Å²) in [5, 5.41) is 5.83. The zero-order chi connectivity index (χ0) is 13.6. The van der Waals surface area contributed by atoms with Gasteiger partial charge in [0.25, 0.3) is 0 Å². The van der Waals surface area contributed by atoms with Crippen LogP contribution >= 0.6 is 11.3 Å². The van der Waals surface area contributed by atoms with Crippen molar-refractivity contribution in [1.29, 1.82) is 0 Å². The molecule has 5 heteroatoms. The van der Waals surface area contributed by atoms with Gasteiger partial charge in [-0.1, -0.05) is 32.1 Å². The third-order valence-electron chi connectivity index (χ3n) is 3.62. The van der Waals surface area contributed by atoms with Gasteiger partial charge in [-0.05, 0) is 31.6 Å². The lowest BCUT2D eigenvalue weighted by Gasteiger charge is -2.29. The Morgan fingerprint density at radius 1 is 1.42 bits per heavy atom. The molecule has 4 nitrogen and oxygen atoms in total. The number of fused-ring (bicyclic) bond motifs is 1. The predicted octanol–water partition coefficient (Wildman–Crippen LogP) is 3.50. The Morgan fingerprint density at radius 3 is 2.89 bits per heavy atom. The lowest BCUT2D eigenvalue weighted by atomic mass is 9.87. The Labute approximate surface area is 118 Å². The molecule has 1 fully saturated rings. The molecule has 0 saturated carbocycles. The van der Waals surface area contributed by atoms with Crippen LogP contribution in [0.25, 0.3) is 4.96 Å². The molecule has 0 bridgehead atoms. The average Bonchev–Trinajstić information content (AvgIpc) is 2.88. The van der Waals surface area contributed by atoms with Gasteiger partial charge in [0.1, 0.15) is 0 Å². The van der Waals surface area contributed by atoms with Crippen molar-refractivity contribution in [2.75, 3.05) is 11.4 Å². The second-order valence-corrected chi connectivity index (χ2v) is 7.68. The van der Waals surface area contributed by atoms with E-state index >= 15 is 0 Å². The van der Waals surface area contributed by atoms with Crippen LogP contribution in [0.4, 0.5) is 5.13 Å². The summed E-state index contributed by atoms with van der Waals surface area (Å²) in [4.78, 5) is 7.99. The molecule has 1 saturated heterocycles. The van der Waals surface area contributed by atoms with Crippen molar-refractivity contribution in [3.63, 3.8) is 0 Å². The molecule has 0 unspecified atom stereocenters. The SMILES string of the molecule is Cc1cn2nc(N3CCC[C@H]3CC(C)(C)C)sc2n1. The molecular weight excluding hydrogens is 256 g/mol. The highest BCUT2D eigenvalue weighted by Gasteiger charge is 2.30. The molecule has 1 aliphatic rings. The van der Waals surface area contributed by atoms with Gasteiger partial charge in [-0.15, -0.1) is 5.10 Å². The number of nitrogens with zero attached hydrogens (tertiary/aromatic N) is 4. The minimum atomic E-state index is 0.376. The summed E-state index contributed by atoms with van der Waals surface area (Å²) >= 11 is 1.71. The molecule has 2 aromatic heterocycles. The molecule has 0 aliphatic carbocycles. The molecule has 0 aromatic carbocycles. The van der Waals surface area contributed by atoms with E-state index in [2.05, 4.69) is 30.7 Å². The second kappa shape index (κ2) is 4.47. The molecule has 0 N–H and O–H groups in total. The average molecular weight is 278 g/mol. The van der Waals surface area contributed by atoms with E-state index < -0.39 is 0 Å². The highest BCUT2D eigenvalue weighted by atomic mass is 32.1. The molecule has 3 rings (SSSR count). The second-order valence-electron chi connectivity index (χ2n) is 6.75. The van der Waals surface area contributed by atoms with Gasteiger partial charge in [0.2, 0.25) is 10.1 Å². The Kier molecular flexibility index (Phi) is 3.04. The summed E-state index contributed by atoms with van der Waals surface area (Å²) in [7, 11) is 0. The fourth-order valence-electron chi connectivity index (χ4n) is 2.92. The molecule has 19 heavy (non-hydrogen) atoms. The normalized spacial score (nSPS) is 20.6. The fraction of sp³-hybridized carbons (Fsp3) is 0.714. The first kappa shape index (κ1) is 12.9. The minimum Gasteiger partial charge on any atom is -0.344 e.